The molecule has 0 aliphatic heterocycles. The lowest BCUT2D eigenvalue weighted by Gasteiger charge is -2.15. The number of carbonyl (C=O) groups excluding carboxylic acids is 2. The fourth-order valence-electron chi connectivity index (χ4n) is 1.68. The molecule has 0 aliphatic carbocycles. The lowest BCUT2D eigenvalue weighted by Crippen LogP contribution is -2.42. The Kier molecular flexibility index (Phi) is 6.02. The van der Waals surface area contributed by atoms with Crippen LogP contribution in [0.5, 0.6) is 0 Å². The number of para-hydroxylation sites is 1. The van der Waals surface area contributed by atoms with Gasteiger partial charge in [0.2, 0.25) is 0 Å². The number of carbonyl (C=O) groups is 2. The molecule has 0 saturated heterocycles. The second-order valence-corrected chi connectivity index (χ2v) is 4.36. The largest absolute Gasteiger partial charge is 0.396 e. The lowest BCUT2D eigenvalue weighted by atomic mass is 10.1. The van der Waals surface area contributed by atoms with Crippen molar-refractivity contribution >= 4 is 17.5 Å². The molecule has 0 radical (unpaired) electrons. The molecule has 5 heteroatoms. The summed E-state index contributed by atoms with van der Waals surface area (Å²) < 4.78 is 0. The van der Waals surface area contributed by atoms with Crippen molar-refractivity contribution in [3.8, 4) is 0 Å². The number of aliphatic hydroxyl groups is 1. The lowest BCUT2D eigenvalue weighted by molar-refractivity contribution is -0.136. The third-order valence-electron chi connectivity index (χ3n) is 2.91. The van der Waals surface area contributed by atoms with Crippen LogP contribution in [0, 0.1) is 6.92 Å². The molecule has 0 fully saturated rings. The number of amides is 2. The number of anilines is 1. The van der Waals surface area contributed by atoms with Gasteiger partial charge in [0.1, 0.15) is 0 Å². The first-order chi connectivity index (χ1) is 9.08. The second kappa shape index (κ2) is 7.53. The standard InChI is InChI=1S/C14H20N2O3/c1-3-11(8-9-17)15-13(18)14(19)16-12-7-5-4-6-10(12)2/h4-7,11,17H,3,8-9H2,1-2H3,(H,15,18)(H,16,19). The summed E-state index contributed by atoms with van der Waals surface area (Å²) in [6.45, 7) is 3.73. The van der Waals surface area contributed by atoms with Gasteiger partial charge < -0.3 is 15.7 Å². The third kappa shape index (κ3) is 4.71. The van der Waals surface area contributed by atoms with Gasteiger partial charge in [-0.3, -0.25) is 9.59 Å². The number of nitrogens with one attached hydrogen (secondary N) is 2. The number of aryl methyl sites for hydroxylation is 1. The second-order valence-electron chi connectivity index (χ2n) is 4.36. The minimum absolute atomic E-state index is 0.0157. The predicted molar refractivity (Wildman–Crippen MR) is 73.7 cm³/mol. The summed E-state index contributed by atoms with van der Waals surface area (Å²) in [7, 11) is 0. The molecular weight excluding hydrogens is 244 g/mol. The summed E-state index contributed by atoms with van der Waals surface area (Å²) in [4.78, 5) is 23.4. The average molecular weight is 264 g/mol. The van der Waals surface area contributed by atoms with Crippen molar-refractivity contribution in [1.29, 1.82) is 0 Å². The van der Waals surface area contributed by atoms with E-state index >= 15 is 0 Å². The molecule has 1 atom stereocenters. The van der Waals surface area contributed by atoms with E-state index in [0.717, 1.165) is 5.56 Å². The van der Waals surface area contributed by atoms with Gasteiger partial charge in [-0.15, -0.1) is 0 Å². The average Bonchev–Trinajstić information content (AvgIpc) is 2.40. The Morgan fingerprint density at radius 1 is 1.26 bits per heavy atom. The summed E-state index contributed by atoms with van der Waals surface area (Å²) >= 11 is 0. The Morgan fingerprint density at radius 3 is 2.53 bits per heavy atom. The Bertz CT molecular complexity index is 446. The molecule has 19 heavy (non-hydrogen) atoms. The fourth-order valence-corrected chi connectivity index (χ4v) is 1.68. The van der Waals surface area contributed by atoms with Crippen LogP contribution in [0.3, 0.4) is 0 Å². The highest BCUT2D eigenvalue weighted by molar-refractivity contribution is 6.39. The maximum Gasteiger partial charge on any atom is 0.313 e. The van der Waals surface area contributed by atoms with Crippen molar-refractivity contribution in [2.75, 3.05) is 11.9 Å². The molecule has 0 spiro atoms. The zero-order chi connectivity index (χ0) is 14.3. The first-order valence-corrected chi connectivity index (χ1v) is 6.36. The van der Waals surface area contributed by atoms with Crippen LogP contribution in [-0.2, 0) is 9.59 Å². The summed E-state index contributed by atoms with van der Waals surface area (Å²) in [6, 6.07) is 7.07. The molecule has 104 valence electrons. The number of aliphatic hydroxyl groups excluding tert-OH is 1. The van der Waals surface area contributed by atoms with Gasteiger partial charge in [0.05, 0.1) is 0 Å². The Labute approximate surface area is 113 Å². The summed E-state index contributed by atoms with van der Waals surface area (Å²) in [6.07, 6.45) is 1.11. The summed E-state index contributed by atoms with van der Waals surface area (Å²) in [5.41, 5.74) is 1.52. The van der Waals surface area contributed by atoms with E-state index < -0.39 is 11.8 Å². The van der Waals surface area contributed by atoms with Crippen molar-refractivity contribution in [1.82, 2.24) is 5.32 Å². The molecule has 0 aromatic heterocycles. The van der Waals surface area contributed by atoms with Crippen molar-refractivity contribution in [2.45, 2.75) is 32.7 Å². The summed E-state index contributed by atoms with van der Waals surface area (Å²) in [5.74, 6) is -1.37. The van der Waals surface area contributed by atoms with Crippen LogP contribution in [0.2, 0.25) is 0 Å². The molecular formula is C14H20N2O3. The highest BCUT2D eigenvalue weighted by Gasteiger charge is 2.17. The highest BCUT2D eigenvalue weighted by Crippen LogP contribution is 2.12. The number of hydrogen-bond acceptors (Lipinski definition) is 3. The van der Waals surface area contributed by atoms with E-state index in [4.69, 9.17) is 5.11 Å². The van der Waals surface area contributed by atoms with Crippen LogP contribution in [-0.4, -0.2) is 29.6 Å². The van der Waals surface area contributed by atoms with Gasteiger partial charge in [-0.2, -0.15) is 0 Å². The van der Waals surface area contributed by atoms with Crippen LogP contribution in [0.25, 0.3) is 0 Å². The zero-order valence-electron chi connectivity index (χ0n) is 11.3. The smallest absolute Gasteiger partial charge is 0.313 e. The predicted octanol–water partition coefficient (Wildman–Crippen LogP) is 1.21. The first kappa shape index (κ1) is 15.2. The normalized spacial score (nSPS) is 11.7. The molecule has 5 nitrogen and oxygen atoms in total. The van der Waals surface area contributed by atoms with E-state index in [1.165, 1.54) is 0 Å². The zero-order valence-corrected chi connectivity index (χ0v) is 11.3. The minimum Gasteiger partial charge on any atom is -0.396 e. The topological polar surface area (TPSA) is 78.4 Å². The van der Waals surface area contributed by atoms with E-state index in [1.54, 1.807) is 12.1 Å². The maximum atomic E-state index is 11.7. The first-order valence-electron chi connectivity index (χ1n) is 6.36. The molecule has 1 unspecified atom stereocenters. The van der Waals surface area contributed by atoms with Gasteiger partial charge in [-0.25, -0.2) is 0 Å². The quantitative estimate of drug-likeness (QED) is 0.699. The van der Waals surface area contributed by atoms with E-state index in [2.05, 4.69) is 10.6 Å². The van der Waals surface area contributed by atoms with Crippen molar-refractivity contribution < 1.29 is 14.7 Å². The Hall–Kier alpha value is -1.88. The minimum atomic E-state index is -0.689. The Balaban J connectivity index is 2.58. The molecule has 0 bridgehead atoms. The monoisotopic (exact) mass is 264 g/mol. The molecule has 2 amide bonds. The SMILES string of the molecule is CCC(CCO)NC(=O)C(=O)Nc1ccccc1C. The third-order valence-corrected chi connectivity index (χ3v) is 2.91. The van der Waals surface area contributed by atoms with Crippen LogP contribution in [0.4, 0.5) is 5.69 Å². The van der Waals surface area contributed by atoms with E-state index in [-0.39, 0.29) is 12.6 Å². The summed E-state index contributed by atoms with van der Waals surface area (Å²) in [5, 5.41) is 14.0. The van der Waals surface area contributed by atoms with Gasteiger partial charge >= 0.3 is 11.8 Å². The van der Waals surface area contributed by atoms with Crippen LogP contribution in [0.1, 0.15) is 25.3 Å². The van der Waals surface area contributed by atoms with Crippen LogP contribution in [0.15, 0.2) is 24.3 Å². The van der Waals surface area contributed by atoms with Crippen molar-refractivity contribution in [3.63, 3.8) is 0 Å². The van der Waals surface area contributed by atoms with E-state index in [9.17, 15) is 9.59 Å². The molecule has 1 rings (SSSR count). The molecule has 1 aromatic carbocycles. The highest BCUT2D eigenvalue weighted by atomic mass is 16.3. The molecule has 0 aliphatic rings. The fraction of sp³-hybridized carbons (Fsp3) is 0.429. The Morgan fingerprint density at radius 2 is 1.95 bits per heavy atom. The van der Waals surface area contributed by atoms with E-state index in [1.807, 2.05) is 26.0 Å². The van der Waals surface area contributed by atoms with Crippen LogP contribution >= 0.6 is 0 Å². The number of hydrogen-bond donors (Lipinski definition) is 3. The van der Waals surface area contributed by atoms with Crippen molar-refractivity contribution in [2.24, 2.45) is 0 Å². The van der Waals surface area contributed by atoms with Gasteiger partial charge in [0.25, 0.3) is 0 Å². The van der Waals surface area contributed by atoms with E-state index in [0.29, 0.717) is 18.5 Å². The number of rotatable bonds is 5. The van der Waals surface area contributed by atoms with Gasteiger partial charge in [-0.1, -0.05) is 25.1 Å². The van der Waals surface area contributed by atoms with Crippen LogP contribution < -0.4 is 10.6 Å². The van der Waals surface area contributed by atoms with Crippen molar-refractivity contribution in [3.05, 3.63) is 29.8 Å². The molecule has 0 heterocycles. The molecule has 1 aromatic rings. The maximum absolute atomic E-state index is 11.7. The van der Waals surface area contributed by atoms with Gasteiger partial charge in [0, 0.05) is 18.3 Å². The number of benzene rings is 1. The molecule has 3 N–H and O–H groups in total. The van der Waals surface area contributed by atoms with Gasteiger partial charge in [0.15, 0.2) is 0 Å². The van der Waals surface area contributed by atoms with Gasteiger partial charge in [-0.05, 0) is 31.4 Å². The molecule has 0 saturated carbocycles.